The second kappa shape index (κ2) is 5.54. The molecular formula is C16H24BNO3. The number of ketones is 1. The lowest BCUT2D eigenvalue weighted by molar-refractivity contribution is 0.00578. The fraction of sp³-hybridized carbons (Fsp3) is 0.625. The molecule has 1 aromatic heterocycles. The molecule has 0 N–H and O–H groups in total. The van der Waals surface area contributed by atoms with Crippen molar-refractivity contribution < 1.29 is 14.1 Å². The van der Waals surface area contributed by atoms with Crippen molar-refractivity contribution in [3.8, 4) is 0 Å². The third-order valence-electron chi connectivity index (χ3n) is 4.42. The molecule has 1 aliphatic heterocycles. The van der Waals surface area contributed by atoms with E-state index < -0.39 is 7.12 Å². The van der Waals surface area contributed by atoms with Gasteiger partial charge in [0, 0.05) is 18.1 Å². The molecule has 21 heavy (non-hydrogen) atoms. The Kier molecular flexibility index (Phi) is 4.27. The van der Waals surface area contributed by atoms with Crippen molar-refractivity contribution in [3.63, 3.8) is 0 Å². The molecule has 2 heterocycles. The number of rotatable bonds is 4. The zero-order valence-electron chi connectivity index (χ0n) is 13.8. The van der Waals surface area contributed by atoms with Gasteiger partial charge in [-0.05, 0) is 52.7 Å². The van der Waals surface area contributed by atoms with Crippen molar-refractivity contribution in [2.24, 2.45) is 0 Å². The van der Waals surface area contributed by atoms with Crippen molar-refractivity contribution >= 4 is 18.4 Å². The van der Waals surface area contributed by atoms with E-state index in [2.05, 4.69) is 4.98 Å². The highest BCUT2D eigenvalue weighted by atomic mass is 16.7. The maximum absolute atomic E-state index is 11.9. The molecule has 0 saturated carbocycles. The Hall–Kier alpha value is -1.20. The van der Waals surface area contributed by atoms with Gasteiger partial charge in [0.05, 0.1) is 11.2 Å². The van der Waals surface area contributed by atoms with E-state index in [0.29, 0.717) is 12.1 Å². The van der Waals surface area contributed by atoms with Crippen LogP contribution in [0.4, 0.5) is 0 Å². The second-order valence-corrected chi connectivity index (χ2v) is 6.69. The minimum Gasteiger partial charge on any atom is -0.399 e. The van der Waals surface area contributed by atoms with E-state index in [4.69, 9.17) is 9.31 Å². The van der Waals surface area contributed by atoms with E-state index in [1.54, 1.807) is 6.20 Å². The third kappa shape index (κ3) is 3.04. The second-order valence-electron chi connectivity index (χ2n) is 6.69. The number of carbonyl (C=O) groups excluding carboxylic acids is 1. The topological polar surface area (TPSA) is 48.4 Å². The molecule has 1 aliphatic rings. The van der Waals surface area contributed by atoms with Crippen LogP contribution in [0.1, 0.15) is 63.5 Å². The summed E-state index contributed by atoms with van der Waals surface area (Å²) in [6.07, 6.45) is 3.07. The molecule has 114 valence electrons. The van der Waals surface area contributed by atoms with Gasteiger partial charge in [0.25, 0.3) is 0 Å². The summed E-state index contributed by atoms with van der Waals surface area (Å²) in [5.41, 5.74) is 1.64. The lowest BCUT2D eigenvalue weighted by atomic mass is 9.77. The molecule has 1 fully saturated rings. The van der Waals surface area contributed by atoms with Crippen LogP contribution in [-0.4, -0.2) is 29.1 Å². The molecule has 5 heteroatoms. The molecule has 4 nitrogen and oxygen atoms in total. The SMILES string of the molecule is CCCC(=O)c1cc(C)c(B2OC(C)(C)C(C)(C)O2)cn1. The maximum Gasteiger partial charge on any atom is 0.496 e. The number of hydrogen-bond acceptors (Lipinski definition) is 4. The molecule has 0 aromatic carbocycles. The molecule has 0 atom stereocenters. The molecular weight excluding hydrogens is 265 g/mol. The van der Waals surface area contributed by atoms with Crippen LogP contribution in [0.2, 0.25) is 0 Å². The summed E-state index contributed by atoms with van der Waals surface area (Å²) in [5, 5.41) is 0. The van der Waals surface area contributed by atoms with Gasteiger partial charge >= 0.3 is 7.12 Å². The number of nitrogens with zero attached hydrogens (tertiary/aromatic N) is 1. The highest BCUT2D eigenvalue weighted by Crippen LogP contribution is 2.36. The Balaban J connectivity index is 2.25. The van der Waals surface area contributed by atoms with Gasteiger partial charge in [-0.15, -0.1) is 0 Å². The van der Waals surface area contributed by atoms with Gasteiger partial charge in [-0.1, -0.05) is 6.92 Å². The van der Waals surface area contributed by atoms with Gasteiger partial charge in [-0.3, -0.25) is 9.78 Å². The summed E-state index contributed by atoms with van der Waals surface area (Å²) in [4.78, 5) is 16.2. The van der Waals surface area contributed by atoms with E-state index in [1.807, 2.05) is 47.6 Å². The molecule has 0 spiro atoms. The highest BCUT2D eigenvalue weighted by molar-refractivity contribution is 6.62. The lowest BCUT2D eigenvalue weighted by Crippen LogP contribution is -2.41. The van der Waals surface area contributed by atoms with Crippen molar-refractivity contribution in [1.29, 1.82) is 0 Å². The van der Waals surface area contributed by atoms with Gasteiger partial charge in [-0.2, -0.15) is 0 Å². The summed E-state index contributed by atoms with van der Waals surface area (Å²) in [5.74, 6) is 0.0843. The fourth-order valence-corrected chi connectivity index (χ4v) is 2.29. The predicted octanol–water partition coefficient (Wildman–Crippen LogP) is 2.67. The van der Waals surface area contributed by atoms with Gasteiger partial charge < -0.3 is 9.31 Å². The monoisotopic (exact) mass is 289 g/mol. The minimum absolute atomic E-state index is 0.0843. The summed E-state index contributed by atoms with van der Waals surface area (Å²) in [7, 11) is -0.433. The standard InChI is InChI=1S/C16H24BNO3/c1-7-8-14(19)13-9-11(2)12(10-18-13)17-20-15(3,4)16(5,6)21-17/h9-10H,7-8H2,1-6H3. The molecule has 2 rings (SSSR count). The van der Waals surface area contributed by atoms with Crippen LogP contribution in [0.3, 0.4) is 0 Å². The van der Waals surface area contributed by atoms with E-state index in [-0.39, 0.29) is 17.0 Å². The number of pyridine rings is 1. The Morgan fingerprint density at radius 3 is 2.29 bits per heavy atom. The molecule has 0 radical (unpaired) electrons. The summed E-state index contributed by atoms with van der Waals surface area (Å²) >= 11 is 0. The van der Waals surface area contributed by atoms with Crippen LogP contribution in [0.25, 0.3) is 0 Å². The molecule has 1 aromatic rings. The van der Waals surface area contributed by atoms with E-state index in [1.165, 1.54) is 0 Å². The van der Waals surface area contributed by atoms with Crippen LogP contribution in [-0.2, 0) is 9.31 Å². The first-order chi connectivity index (χ1) is 9.68. The van der Waals surface area contributed by atoms with Crippen LogP contribution in [0, 0.1) is 6.92 Å². The number of aryl methyl sites for hydroxylation is 1. The van der Waals surface area contributed by atoms with Crippen LogP contribution >= 0.6 is 0 Å². The van der Waals surface area contributed by atoms with Crippen molar-refractivity contribution in [2.75, 3.05) is 0 Å². The Bertz CT molecular complexity index is 538. The zero-order valence-corrected chi connectivity index (χ0v) is 13.8. The first-order valence-corrected chi connectivity index (χ1v) is 7.53. The quantitative estimate of drug-likeness (QED) is 0.631. The van der Waals surface area contributed by atoms with Crippen LogP contribution < -0.4 is 5.46 Å². The zero-order chi connectivity index (χ0) is 15.8. The number of Topliss-reactive ketones (excluding diaryl/α,β-unsaturated/α-hetero) is 1. The predicted molar refractivity (Wildman–Crippen MR) is 83.9 cm³/mol. The summed E-state index contributed by atoms with van der Waals surface area (Å²) < 4.78 is 12.1. The van der Waals surface area contributed by atoms with Crippen molar-refractivity contribution in [2.45, 2.75) is 65.6 Å². The first kappa shape index (κ1) is 16.2. The van der Waals surface area contributed by atoms with E-state index in [9.17, 15) is 4.79 Å². The number of carbonyl (C=O) groups is 1. The Morgan fingerprint density at radius 1 is 1.24 bits per heavy atom. The molecule has 0 bridgehead atoms. The molecule has 1 saturated heterocycles. The molecule has 0 unspecified atom stereocenters. The van der Waals surface area contributed by atoms with Crippen molar-refractivity contribution in [1.82, 2.24) is 4.98 Å². The van der Waals surface area contributed by atoms with Gasteiger partial charge in [0.2, 0.25) is 0 Å². The average Bonchev–Trinajstić information content (AvgIpc) is 2.58. The smallest absolute Gasteiger partial charge is 0.399 e. The summed E-state index contributed by atoms with van der Waals surface area (Å²) in [6.45, 7) is 12.0. The van der Waals surface area contributed by atoms with Crippen molar-refractivity contribution in [3.05, 3.63) is 23.5 Å². The fourth-order valence-electron chi connectivity index (χ4n) is 2.29. The highest BCUT2D eigenvalue weighted by Gasteiger charge is 2.52. The minimum atomic E-state index is -0.433. The lowest BCUT2D eigenvalue weighted by Gasteiger charge is -2.32. The first-order valence-electron chi connectivity index (χ1n) is 7.53. The van der Waals surface area contributed by atoms with Gasteiger partial charge in [0.15, 0.2) is 5.78 Å². The largest absolute Gasteiger partial charge is 0.496 e. The summed E-state index contributed by atoms with van der Waals surface area (Å²) in [6, 6.07) is 1.83. The van der Waals surface area contributed by atoms with Gasteiger partial charge in [0.1, 0.15) is 5.69 Å². The maximum atomic E-state index is 11.9. The van der Waals surface area contributed by atoms with E-state index in [0.717, 1.165) is 17.4 Å². The number of hydrogen-bond donors (Lipinski definition) is 0. The van der Waals surface area contributed by atoms with Crippen LogP contribution in [0.5, 0.6) is 0 Å². The number of aromatic nitrogens is 1. The molecule has 0 aliphatic carbocycles. The molecule has 0 amide bonds. The van der Waals surface area contributed by atoms with E-state index >= 15 is 0 Å². The normalized spacial score (nSPS) is 19.8. The average molecular weight is 289 g/mol. The Morgan fingerprint density at radius 2 is 1.81 bits per heavy atom. The Labute approximate surface area is 127 Å². The third-order valence-corrected chi connectivity index (χ3v) is 4.42. The van der Waals surface area contributed by atoms with Gasteiger partial charge in [-0.25, -0.2) is 0 Å². The van der Waals surface area contributed by atoms with Crippen LogP contribution in [0.15, 0.2) is 12.3 Å².